The quantitative estimate of drug-likeness (QED) is 0.862. The largest absolute Gasteiger partial charge is 0.464 e. The van der Waals surface area contributed by atoms with Gasteiger partial charge in [-0.25, -0.2) is 0 Å². The highest BCUT2D eigenvalue weighted by Gasteiger charge is 2.20. The Morgan fingerprint density at radius 3 is 3.06 bits per heavy atom. The second-order valence-corrected chi connectivity index (χ2v) is 4.86. The summed E-state index contributed by atoms with van der Waals surface area (Å²) in [6, 6.07) is 6.44. The molecule has 17 heavy (non-hydrogen) atoms. The van der Waals surface area contributed by atoms with Crippen LogP contribution in [0.4, 0.5) is 0 Å². The molecule has 0 aliphatic heterocycles. The number of furan rings is 1. The van der Waals surface area contributed by atoms with Crippen molar-refractivity contribution in [1.29, 1.82) is 0 Å². The summed E-state index contributed by atoms with van der Waals surface area (Å²) in [7, 11) is 0. The van der Waals surface area contributed by atoms with Crippen LogP contribution in [-0.4, -0.2) is 4.57 Å². The molecule has 0 amide bonds. The highest BCUT2D eigenvalue weighted by atomic mass is 16.3. The molecule has 0 radical (unpaired) electrons. The SMILES string of the molecule is Cc1ccc(Cn2ccc3c2CCCC3N)o1. The van der Waals surface area contributed by atoms with Crippen molar-refractivity contribution >= 4 is 0 Å². The molecule has 3 rings (SSSR count). The zero-order valence-electron chi connectivity index (χ0n) is 10.1. The van der Waals surface area contributed by atoms with E-state index in [1.54, 1.807) is 0 Å². The Morgan fingerprint density at radius 1 is 1.41 bits per heavy atom. The van der Waals surface area contributed by atoms with Gasteiger partial charge in [0.05, 0.1) is 6.54 Å². The first-order valence-electron chi connectivity index (χ1n) is 6.23. The molecule has 0 bridgehead atoms. The van der Waals surface area contributed by atoms with Crippen LogP contribution in [0.1, 0.15) is 41.7 Å². The van der Waals surface area contributed by atoms with Crippen LogP contribution in [0.25, 0.3) is 0 Å². The molecule has 0 fully saturated rings. The summed E-state index contributed by atoms with van der Waals surface area (Å²) in [5.74, 6) is 1.98. The van der Waals surface area contributed by atoms with Crippen LogP contribution in [0.15, 0.2) is 28.8 Å². The molecular weight excluding hydrogens is 212 g/mol. The lowest BCUT2D eigenvalue weighted by atomic mass is 9.94. The van der Waals surface area contributed by atoms with Crippen LogP contribution >= 0.6 is 0 Å². The van der Waals surface area contributed by atoms with Gasteiger partial charge in [-0.15, -0.1) is 0 Å². The number of rotatable bonds is 2. The fraction of sp³-hybridized carbons (Fsp3) is 0.429. The number of fused-ring (bicyclic) bond motifs is 1. The van der Waals surface area contributed by atoms with Crippen LogP contribution in [0.5, 0.6) is 0 Å². The average molecular weight is 230 g/mol. The van der Waals surface area contributed by atoms with E-state index in [1.807, 2.05) is 19.1 Å². The first kappa shape index (κ1) is 10.7. The molecule has 0 saturated carbocycles. The van der Waals surface area contributed by atoms with Crippen LogP contribution in [0.3, 0.4) is 0 Å². The maximum absolute atomic E-state index is 6.12. The highest BCUT2D eigenvalue weighted by molar-refractivity contribution is 5.29. The summed E-state index contributed by atoms with van der Waals surface area (Å²) in [4.78, 5) is 0. The van der Waals surface area contributed by atoms with E-state index in [-0.39, 0.29) is 6.04 Å². The molecule has 90 valence electrons. The molecule has 3 nitrogen and oxygen atoms in total. The lowest BCUT2D eigenvalue weighted by Gasteiger charge is -2.20. The van der Waals surface area contributed by atoms with Crippen molar-refractivity contribution in [1.82, 2.24) is 4.57 Å². The van der Waals surface area contributed by atoms with Crippen LogP contribution in [0.2, 0.25) is 0 Å². The Kier molecular flexibility index (Phi) is 2.56. The van der Waals surface area contributed by atoms with Gasteiger partial charge in [0, 0.05) is 17.9 Å². The van der Waals surface area contributed by atoms with Crippen molar-refractivity contribution < 1.29 is 4.42 Å². The maximum atomic E-state index is 6.12. The predicted octanol–water partition coefficient (Wildman–Crippen LogP) is 2.77. The van der Waals surface area contributed by atoms with Gasteiger partial charge >= 0.3 is 0 Å². The van der Waals surface area contributed by atoms with Gasteiger partial charge in [-0.2, -0.15) is 0 Å². The van der Waals surface area contributed by atoms with Gasteiger partial charge in [0.1, 0.15) is 11.5 Å². The third-order valence-electron chi connectivity index (χ3n) is 3.56. The summed E-state index contributed by atoms with van der Waals surface area (Å²) in [5.41, 5.74) is 8.83. The molecule has 2 heterocycles. The lowest BCUT2D eigenvalue weighted by Crippen LogP contribution is -2.18. The minimum Gasteiger partial charge on any atom is -0.464 e. The van der Waals surface area contributed by atoms with E-state index >= 15 is 0 Å². The van der Waals surface area contributed by atoms with Gasteiger partial charge in [0.25, 0.3) is 0 Å². The van der Waals surface area contributed by atoms with E-state index in [1.165, 1.54) is 17.7 Å². The monoisotopic (exact) mass is 230 g/mol. The van der Waals surface area contributed by atoms with Crippen molar-refractivity contribution in [2.75, 3.05) is 0 Å². The number of hydrogen-bond acceptors (Lipinski definition) is 2. The summed E-state index contributed by atoms with van der Waals surface area (Å²) in [6.45, 7) is 2.79. The molecule has 1 aliphatic rings. The fourth-order valence-electron chi connectivity index (χ4n) is 2.68. The Hall–Kier alpha value is -1.48. The summed E-state index contributed by atoms with van der Waals surface area (Å²) >= 11 is 0. The normalized spacial score (nSPS) is 19.3. The van der Waals surface area contributed by atoms with Crippen molar-refractivity contribution in [2.24, 2.45) is 5.73 Å². The van der Waals surface area contributed by atoms with Gasteiger partial charge in [-0.3, -0.25) is 0 Å². The van der Waals surface area contributed by atoms with Gasteiger partial charge in [0.2, 0.25) is 0 Å². The van der Waals surface area contributed by atoms with E-state index in [4.69, 9.17) is 10.2 Å². The van der Waals surface area contributed by atoms with E-state index in [2.05, 4.69) is 16.8 Å². The molecule has 3 heteroatoms. The van der Waals surface area contributed by atoms with Gasteiger partial charge in [0.15, 0.2) is 0 Å². The van der Waals surface area contributed by atoms with E-state index in [9.17, 15) is 0 Å². The van der Waals surface area contributed by atoms with Crippen LogP contribution in [0, 0.1) is 6.92 Å². The molecule has 2 aromatic rings. The second kappa shape index (κ2) is 4.08. The Balaban J connectivity index is 1.89. The molecule has 1 aliphatic carbocycles. The van der Waals surface area contributed by atoms with Crippen LogP contribution < -0.4 is 5.73 Å². The molecular formula is C14H18N2O. The predicted molar refractivity (Wildman–Crippen MR) is 66.8 cm³/mol. The third-order valence-corrected chi connectivity index (χ3v) is 3.56. The Morgan fingerprint density at radius 2 is 2.29 bits per heavy atom. The van der Waals surface area contributed by atoms with Crippen LogP contribution in [-0.2, 0) is 13.0 Å². The van der Waals surface area contributed by atoms with Crippen molar-refractivity contribution in [3.8, 4) is 0 Å². The number of hydrogen-bond donors (Lipinski definition) is 1. The topological polar surface area (TPSA) is 44.1 Å². The van der Waals surface area contributed by atoms with Gasteiger partial charge < -0.3 is 14.7 Å². The zero-order valence-corrected chi connectivity index (χ0v) is 10.1. The summed E-state index contributed by atoms with van der Waals surface area (Å²) in [6.07, 6.45) is 5.57. The zero-order chi connectivity index (χ0) is 11.8. The summed E-state index contributed by atoms with van der Waals surface area (Å²) < 4.78 is 7.89. The fourth-order valence-corrected chi connectivity index (χ4v) is 2.68. The average Bonchev–Trinajstić information content (AvgIpc) is 2.88. The Labute approximate surface area is 101 Å². The number of nitrogens with zero attached hydrogens (tertiary/aromatic N) is 1. The molecule has 0 aromatic carbocycles. The maximum Gasteiger partial charge on any atom is 0.123 e. The first-order valence-corrected chi connectivity index (χ1v) is 6.23. The molecule has 0 saturated heterocycles. The van der Waals surface area contributed by atoms with Gasteiger partial charge in [-0.05, 0) is 49.9 Å². The van der Waals surface area contributed by atoms with Crippen molar-refractivity contribution in [3.05, 3.63) is 47.2 Å². The van der Waals surface area contributed by atoms with Crippen molar-refractivity contribution in [2.45, 2.75) is 38.8 Å². The van der Waals surface area contributed by atoms with E-state index in [0.29, 0.717) is 0 Å². The number of nitrogens with two attached hydrogens (primary N) is 1. The molecule has 2 N–H and O–H groups in total. The lowest BCUT2D eigenvalue weighted by molar-refractivity contribution is 0.462. The smallest absolute Gasteiger partial charge is 0.123 e. The Bertz CT molecular complexity index is 524. The summed E-state index contributed by atoms with van der Waals surface area (Å²) in [5, 5.41) is 0. The molecule has 2 aromatic heterocycles. The van der Waals surface area contributed by atoms with E-state index < -0.39 is 0 Å². The standard InChI is InChI=1S/C14H18N2O/c1-10-5-6-11(17-10)9-16-8-7-12-13(15)3-2-4-14(12)16/h5-8,13H,2-4,9,15H2,1H3. The first-order chi connectivity index (χ1) is 8.24. The highest BCUT2D eigenvalue weighted by Crippen LogP contribution is 2.29. The van der Waals surface area contributed by atoms with Gasteiger partial charge in [-0.1, -0.05) is 0 Å². The third kappa shape index (κ3) is 1.91. The minimum absolute atomic E-state index is 0.221. The second-order valence-electron chi connectivity index (χ2n) is 4.86. The number of aryl methyl sites for hydroxylation is 1. The minimum atomic E-state index is 0.221. The molecule has 1 atom stereocenters. The molecule has 1 unspecified atom stereocenters. The van der Waals surface area contributed by atoms with E-state index in [0.717, 1.165) is 30.9 Å². The molecule has 0 spiro atoms. The van der Waals surface area contributed by atoms with Crippen molar-refractivity contribution in [3.63, 3.8) is 0 Å². The number of aromatic nitrogens is 1.